The summed E-state index contributed by atoms with van der Waals surface area (Å²) in [6.07, 6.45) is 1.84. The van der Waals surface area contributed by atoms with Gasteiger partial charge >= 0.3 is 0 Å². The molecule has 0 bridgehead atoms. The highest BCUT2D eigenvalue weighted by Gasteiger charge is 2.29. The smallest absolute Gasteiger partial charge is 0.160 e. The molecule has 0 nitrogen and oxygen atoms in total. The van der Waals surface area contributed by atoms with Crippen molar-refractivity contribution in [3.05, 3.63) is 69.7 Å². The Bertz CT molecular complexity index is 632. The zero-order valence-electron chi connectivity index (χ0n) is 10.5. The van der Waals surface area contributed by atoms with E-state index in [0.29, 0.717) is 11.5 Å². The molecule has 0 aliphatic heterocycles. The molecular weight excluding hydrogens is 346 g/mol. The summed E-state index contributed by atoms with van der Waals surface area (Å²) in [6, 6.07) is 10.5. The normalized spacial score (nSPS) is 16.2. The van der Waals surface area contributed by atoms with Crippen LogP contribution >= 0.6 is 27.5 Å². The van der Waals surface area contributed by atoms with Crippen LogP contribution in [0.2, 0.25) is 5.02 Å². The standard InChI is InChI=1S/C16H12BrClF2/c17-16(12-7-14(19)15(20)8-13(12)18)11-5-9-3-1-2-4-10(9)6-11/h1-4,7-8,11,16H,5-6H2. The Morgan fingerprint density at radius 1 is 1.05 bits per heavy atom. The molecule has 0 spiro atoms. The average Bonchev–Trinajstić information content (AvgIpc) is 2.86. The number of benzene rings is 2. The molecule has 0 aromatic heterocycles. The maximum Gasteiger partial charge on any atom is 0.160 e. The minimum absolute atomic E-state index is 0.0856. The van der Waals surface area contributed by atoms with Crippen LogP contribution in [0.25, 0.3) is 0 Å². The topological polar surface area (TPSA) is 0 Å². The fourth-order valence-electron chi connectivity index (χ4n) is 2.80. The third-order valence-electron chi connectivity index (χ3n) is 3.83. The van der Waals surface area contributed by atoms with Crippen LogP contribution in [-0.2, 0) is 12.8 Å². The maximum absolute atomic E-state index is 13.4. The summed E-state index contributed by atoms with van der Waals surface area (Å²) in [5, 5.41) is 0.265. The molecule has 3 rings (SSSR count). The molecule has 0 saturated carbocycles. The van der Waals surface area contributed by atoms with Gasteiger partial charge in [-0.25, -0.2) is 8.78 Å². The minimum Gasteiger partial charge on any atom is -0.204 e. The van der Waals surface area contributed by atoms with E-state index in [0.717, 1.165) is 18.9 Å². The molecule has 0 heterocycles. The van der Waals surface area contributed by atoms with Crippen molar-refractivity contribution in [3.63, 3.8) is 0 Å². The Morgan fingerprint density at radius 2 is 1.60 bits per heavy atom. The molecule has 0 N–H and O–H groups in total. The van der Waals surface area contributed by atoms with Gasteiger partial charge in [0.2, 0.25) is 0 Å². The molecular formula is C16H12BrClF2. The second kappa shape index (κ2) is 5.45. The van der Waals surface area contributed by atoms with E-state index in [1.165, 1.54) is 17.2 Å². The van der Waals surface area contributed by atoms with Crippen molar-refractivity contribution in [3.8, 4) is 0 Å². The van der Waals surface area contributed by atoms with Crippen LogP contribution < -0.4 is 0 Å². The van der Waals surface area contributed by atoms with Crippen molar-refractivity contribution in [2.75, 3.05) is 0 Å². The van der Waals surface area contributed by atoms with Crippen LogP contribution in [0.1, 0.15) is 21.5 Å². The van der Waals surface area contributed by atoms with Crippen LogP contribution in [0.4, 0.5) is 8.78 Å². The van der Waals surface area contributed by atoms with Gasteiger partial charge in [0, 0.05) is 9.85 Å². The van der Waals surface area contributed by atoms with Crippen molar-refractivity contribution in [2.24, 2.45) is 5.92 Å². The lowest BCUT2D eigenvalue weighted by molar-refractivity contribution is 0.501. The Hall–Kier alpha value is -0.930. The van der Waals surface area contributed by atoms with Gasteiger partial charge in [0.05, 0.1) is 0 Å². The summed E-state index contributed by atoms with van der Waals surface area (Å²) in [7, 11) is 0. The number of rotatable bonds is 2. The van der Waals surface area contributed by atoms with Gasteiger partial charge in [0.25, 0.3) is 0 Å². The second-order valence-electron chi connectivity index (χ2n) is 5.13. The first kappa shape index (κ1) is 14.0. The predicted molar refractivity (Wildman–Crippen MR) is 80.4 cm³/mol. The van der Waals surface area contributed by atoms with Crippen LogP contribution in [0.3, 0.4) is 0 Å². The maximum atomic E-state index is 13.4. The lowest BCUT2D eigenvalue weighted by Gasteiger charge is -2.19. The van der Waals surface area contributed by atoms with Crippen LogP contribution in [0.5, 0.6) is 0 Å². The zero-order valence-corrected chi connectivity index (χ0v) is 12.9. The molecule has 104 valence electrons. The minimum atomic E-state index is -0.909. The van der Waals surface area contributed by atoms with Gasteiger partial charge in [-0.05, 0) is 47.6 Å². The molecule has 1 aliphatic carbocycles. The molecule has 20 heavy (non-hydrogen) atoms. The van der Waals surface area contributed by atoms with Gasteiger partial charge in [-0.2, -0.15) is 0 Å². The Labute approximate surface area is 129 Å². The summed E-state index contributed by atoms with van der Waals surface area (Å²) in [5.41, 5.74) is 3.25. The Morgan fingerprint density at radius 3 is 2.20 bits per heavy atom. The first-order chi connectivity index (χ1) is 9.56. The van der Waals surface area contributed by atoms with Crippen molar-refractivity contribution in [2.45, 2.75) is 17.7 Å². The first-order valence-electron chi connectivity index (χ1n) is 6.41. The van der Waals surface area contributed by atoms with Crippen molar-refractivity contribution in [1.82, 2.24) is 0 Å². The Balaban J connectivity index is 1.88. The molecule has 1 unspecified atom stereocenters. The zero-order chi connectivity index (χ0) is 14.3. The quantitative estimate of drug-likeness (QED) is 0.494. The van der Waals surface area contributed by atoms with Crippen molar-refractivity contribution in [1.29, 1.82) is 0 Å². The molecule has 4 heteroatoms. The summed E-state index contributed by atoms with van der Waals surface area (Å²) in [4.78, 5) is -0.0856. The molecule has 0 saturated heterocycles. The summed E-state index contributed by atoms with van der Waals surface area (Å²) in [6.45, 7) is 0. The third kappa shape index (κ3) is 2.49. The fourth-order valence-corrected chi connectivity index (χ4v) is 3.96. The van der Waals surface area contributed by atoms with E-state index >= 15 is 0 Å². The van der Waals surface area contributed by atoms with Gasteiger partial charge in [-0.1, -0.05) is 51.8 Å². The summed E-state index contributed by atoms with van der Waals surface area (Å²) >= 11 is 9.66. The van der Waals surface area contributed by atoms with E-state index in [1.54, 1.807) is 0 Å². The predicted octanol–water partition coefficient (Wildman–Crippen LogP) is 5.47. The molecule has 0 amide bonds. The molecule has 2 aromatic rings. The van der Waals surface area contributed by atoms with E-state index in [9.17, 15) is 8.78 Å². The van der Waals surface area contributed by atoms with Gasteiger partial charge in [0.15, 0.2) is 11.6 Å². The molecule has 1 aliphatic rings. The lowest BCUT2D eigenvalue weighted by Crippen LogP contribution is -2.09. The van der Waals surface area contributed by atoms with E-state index in [2.05, 4.69) is 28.1 Å². The van der Waals surface area contributed by atoms with Crippen LogP contribution in [-0.4, -0.2) is 0 Å². The largest absolute Gasteiger partial charge is 0.204 e. The van der Waals surface area contributed by atoms with Crippen LogP contribution in [0.15, 0.2) is 36.4 Å². The Kier molecular flexibility index (Phi) is 3.83. The lowest BCUT2D eigenvalue weighted by atomic mass is 9.96. The number of hydrogen-bond donors (Lipinski definition) is 0. The fraction of sp³-hybridized carbons (Fsp3) is 0.250. The monoisotopic (exact) mass is 356 g/mol. The van der Waals surface area contributed by atoms with Gasteiger partial charge in [-0.15, -0.1) is 0 Å². The number of fused-ring (bicyclic) bond motifs is 1. The molecule has 0 fully saturated rings. The van der Waals surface area contributed by atoms with Crippen molar-refractivity contribution < 1.29 is 8.78 Å². The second-order valence-corrected chi connectivity index (χ2v) is 6.52. The molecule has 1 atom stereocenters. The highest BCUT2D eigenvalue weighted by Crippen LogP contribution is 2.42. The van der Waals surface area contributed by atoms with Gasteiger partial charge in [-0.3, -0.25) is 0 Å². The average molecular weight is 358 g/mol. The summed E-state index contributed by atoms with van der Waals surface area (Å²) in [5.74, 6) is -1.47. The SMILES string of the molecule is Fc1cc(Cl)c(C(Br)C2Cc3ccccc3C2)cc1F. The highest BCUT2D eigenvalue weighted by atomic mass is 79.9. The van der Waals surface area contributed by atoms with Crippen molar-refractivity contribution >= 4 is 27.5 Å². The van der Waals surface area contributed by atoms with E-state index in [1.807, 2.05) is 12.1 Å². The number of alkyl halides is 1. The number of hydrogen-bond acceptors (Lipinski definition) is 0. The van der Waals surface area contributed by atoms with Gasteiger partial charge in [0.1, 0.15) is 0 Å². The van der Waals surface area contributed by atoms with E-state index in [-0.39, 0.29) is 9.85 Å². The highest BCUT2D eigenvalue weighted by molar-refractivity contribution is 9.09. The molecule has 2 aromatic carbocycles. The van der Waals surface area contributed by atoms with Crippen LogP contribution in [0, 0.1) is 17.6 Å². The first-order valence-corrected chi connectivity index (χ1v) is 7.71. The summed E-state index contributed by atoms with van der Waals surface area (Å²) < 4.78 is 26.6. The van der Waals surface area contributed by atoms with E-state index in [4.69, 9.17) is 11.6 Å². The van der Waals surface area contributed by atoms with E-state index < -0.39 is 11.6 Å². The number of halogens is 4. The third-order valence-corrected chi connectivity index (χ3v) is 5.40. The van der Waals surface area contributed by atoms with Gasteiger partial charge < -0.3 is 0 Å². The molecule has 0 radical (unpaired) electrons.